The van der Waals surface area contributed by atoms with Crippen LogP contribution in [0.2, 0.25) is 0 Å². The minimum Gasteiger partial charge on any atom is -0.396 e. The Hall–Kier alpha value is 0.230. The average molecular weight is 220 g/mol. The summed E-state index contributed by atoms with van der Waals surface area (Å²) in [6.07, 6.45) is 1.99. The van der Waals surface area contributed by atoms with E-state index in [0.29, 0.717) is 5.92 Å². The van der Waals surface area contributed by atoms with Gasteiger partial charge in [-0.1, -0.05) is 6.92 Å². The van der Waals surface area contributed by atoms with Gasteiger partial charge in [0.15, 0.2) is 6.29 Å². The fraction of sp³-hybridized carbons (Fsp3) is 1.00. The van der Waals surface area contributed by atoms with Crippen LogP contribution in [-0.4, -0.2) is 42.7 Å². The average Bonchev–Trinajstić information content (AvgIpc) is 2.25. The van der Waals surface area contributed by atoms with Gasteiger partial charge in [-0.15, -0.1) is 0 Å². The van der Waals surface area contributed by atoms with Gasteiger partial charge in [0.2, 0.25) is 0 Å². The van der Waals surface area contributed by atoms with Gasteiger partial charge in [-0.05, 0) is 23.8 Å². The zero-order valence-electron chi connectivity index (χ0n) is 8.78. The summed E-state index contributed by atoms with van der Waals surface area (Å²) in [5.74, 6) is 2.46. The van der Waals surface area contributed by atoms with Crippen molar-refractivity contribution in [2.45, 2.75) is 26.1 Å². The van der Waals surface area contributed by atoms with Gasteiger partial charge in [0.25, 0.3) is 0 Å². The molecule has 0 bridgehead atoms. The van der Waals surface area contributed by atoms with Crippen molar-refractivity contribution < 1.29 is 14.6 Å². The molecule has 1 aliphatic rings. The number of aliphatic hydroxyl groups excluding tert-OH is 1. The van der Waals surface area contributed by atoms with Crippen LogP contribution in [0.4, 0.5) is 0 Å². The largest absolute Gasteiger partial charge is 0.396 e. The lowest BCUT2D eigenvalue weighted by Gasteiger charge is -2.23. The fourth-order valence-electron chi connectivity index (χ4n) is 1.22. The minimum atomic E-state index is 0.0145. The van der Waals surface area contributed by atoms with E-state index >= 15 is 0 Å². The molecule has 0 aromatic carbocycles. The Bertz CT molecular complexity index is 137. The predicted molar refractivity (Wildman–Crippen MR) is 58.5 cm³/mol. The first-order chi connectivity index (χ1) is 6.83. The predicted octanol–water partition coefficient (Wildman–Crippen LogP) is 1.50. The number of aliphatic hydroxyl groups is 1. The summed E-state index contributed by atoms with van der Waals surface area (Å²) >= 11 is 1.86. The van der Waals surface area contributed by atoms with Crippen molar-refractivity contribution in [1.29, 1.82) is 0 Å². The number of thioether (sulfide) groups is 1. The van der Waals surface area contributed by atoms with Crippen molar-refractivity contribution in [2.75, 3.05) is 31.3 Å². The van der Waals surface area contributed by atoms with Gasteiger partial charge in [0, 0.05) is 13.0 Å². The summed E-state index contributed by atoms with van der Waals surface area (Å²) in [7, 11) is 0. The lowest BCUT2D eigenvalue weighted by Crippen LogP contribution is -2.25. The maximum atomic E-state index is 8.82. The molecule has 1 saturated heterocycles. The third-order valence-corrected chi connectivity index (χ3v) is 3.44. The fourth-order valence-corrected chi connectivity index (χ4v) is 2.25. The molecule has 14 heavy (non-hydrogen) atoms. The van der Waals surface area contributed by atoms with Crippen LogP contribution >= 0.6 is 11.8 Å². The van der Waals surface area contributed by atoms with E-state index in [4.69, 9.17) is 14.6 Å². The first-order valence-electron chi connectivity index (χ1n) is 5.24. The van der Waals surface area contributed by atoms with Gasteiger partial charge < -0.3 is 14.6 Å². The number of rotatable bonds is 6. The summed E-state index contributed by atoms with van der Waals surface area (Å²) in [5.41, 5.74) is 0. The van der Waals surface area contributed by atoms with Crippen LogP contribution in [0.5, 0.6) is 0 Å². The highest BCUT2D eigenvalue weighted by Gasteiger charge is 2.13. The molecule has 0 radical (unpaired) electrons. The molecule has 1 aliphatic heterocycles. The highest BCUT2D eigenvalue weighted by molar-refractivity contribution is 7.99. The van der Waals surface area contributed by atoms with Crippen molar-refractivity contribution in [2.24, 2.45) is 5.92 Å². The third-order valence-electron chi connectivity index (χ3n) is 2.11. The van der Waals surface area contributed by atoms with Crippen LogP contribution < -0.4 is 0 Å². The summed E-state index contributed by atoms with van der Waals surface area (Å²) in [4.78, 5) is 0. The summed E-state index contributed by atoms with van der Waals surface area (Å²) in [5, 5.41) is 8.82. The molecule has 3 nitrogen and oxygen atoms in total. The van der Waals surface area contributed by atoms with Crippen LogP contribution in [-0.2, 0) is 9.47 Å². The molecule has 0 aromatic rings. The van der Waals surface area contributed by atoms with Crippen LogP contribution in [0.1, 0.15) is 19.8 Å². The summed E-state index contributed by atoms with van der Waals surface area (Å²) in [6.45, 7) is 4.01. The molecule has 0 aromatic heterocycles. The van der Waals surface area contributed by atoms with Crippen molar-refractivity contribution >= 4 is 11.8 Å². The van der Waals surface area contributed by atoms with E-state index in [2.05, 4.69) is 6.92 Å². The van der Waals surface area contributed by atoms with Gasteiger partial charge in [0.1, 0.15) is 0 Å². The number of ether oxygens (including phenoxy) is 2. The molecule has 0 saturated carbocycles. The molecule has 1 fully saturated rings. The van der Waals surface area contributed by atoms with E-state index in [1.807, 2.05) is 11.8 Å². The molecule has 1 rings (SSSR count). The van der Waals surface area contributed by atoms with Crippen LogP contribution in [0.3, 0.4) is 0 Å². The number of hydrogen-bond acceptors (Lipinski definition) is 4. The van der Waals surface area contributed by atoms with E-state index in [0.717, 1.165) is 37.6 Å². The van der Waals surface area contributed by atoms with Crippen LogP contribution in [0.25, 0.3) is 0 Å². The monoisotopic (exact) mass is 220 g/mol. The Balaban J connectivity index is 1.92. The molecule has 0 aliphatic carbocycles. The van der Waals surface area contributed by atoms with E-state index < -0.39 is 0 Å². The first kappa shape index (κ1) is 12.3. The van der Waals surface area contributed by atoms with E-state index in [1.54, 1.807) is 0 Å². The summed E-state index contributed by atoms with van der Waals surface area (Å²) in [6, 6.07) is 0. The zero-order chi connectivity index (χ0) is 10.2. The number of hydrogen-bond donors (Lipinski definition) is 1. The first-order valence-corrected chi connectivity index (χ1v) is 6.40. The second kappa shape index (κ2) is 7.51. The Morgan fingerprint density at radius 3 is 2.79 bits per heavy atom. The Morgan fingerprint density at radius 1 is 1.43 bits per heavy atom. The topological polar surface area (TPSA) is 38.7 Å². The molecule has 0 amide bonds. The van der Waals surface area contributed by atoms with Crippen LogP contribution in [0.15, 0.2) is 0 Å². The van der Waals surface area contributed by atoms with Gasteiger partial charge in [-0.2, -0.15) is 11.8 Å². The standard InChI is InChI=1S/C10H20O3S/c1-9(7-11)8-14-6-3-10-12-4-2-5-13-10/h9-11H,2-8H2,1H3. The van der Waals surface area contributed by atoms with E-state index in [1.165, 1.54) is 0 Å². The van der Waals surface area contributed by atoms with Gasteiger partial charge in [-0.25, -0.2) is 0 Å². The second-order valence-corrected chi connectivity index (χ2v) is 4.83. The zero-order valence-corrected chi connectivity index (χ0v) is 9.59. The third kappa shape index (κ3) is 5.20. The summed E-state index contributed by atoms with van der Waals surface area (Å²) < 4.78 is 10.9. The Labute approximate surface area is 90.2 Å². The molecule has 1 unspecified atom stereocenters. The maximum absolute atomic E-state index is 8.82. The van der Waals surface area contributed by atoms with Crippen molar-refractivity contribution in [3.63, 3.8) is 0 Å². The SMILES string of the molecule is CC(CO)CSCCC1OCCCO1. The minimum absolute atomic E-state index is 0.0145. The Morgan fingerprint density at radius 2 is 2.14 bits per heavy atom. The molecule has 0 spiro atoms. The van der Waals surface area contributed by atoms with Gasteiger partial charge in [-0.3, -0.25) is 0 Å². The molecule has 1 atom stereocenters. The van der Waals surface area contributed by atoms with Gasteiger partial charge in [0.05, 0.1) is 13.2 Å². The maximum Gasteiger partial charge on any atom is 0.158 e. The molecule has 84 valence electrons. The van der Waals surface area contributed by atoms with Gasteiger partial charge >= 0.3 is 0 Å². The van der Waals surface area contributed by atoms with Crippen molar-refractivity contribution in [1.82, 2.24) is 0 Å². The highest BCUT2D eigenvalue weighted by atomic mass is 32.2. The van der Waals surface area contributed by atoms with E-state index in [-0.39, 0.29) is 12.9 Å². The Kier molecular flexibility index (Phi) is 6.60. The van der Waals surface area contributed by atoms with Crippen molar-refractivity contribution in [3.8, 4) is 0 Å². The molecule has 1 N–H and O–H groups in total. The smallest absolute Gasteiger partial charge is 0.158 e. The quantitative estimate of drug-likeness (QED) is 0.689. The molecule has 4 heteroatoms. The van der Waals surface area contributed by atoms with Crippen LogP contribution in [0, 0.1) is 5.92 Å². The van der Waals surface area contributed by atoms with Crippen molar-refractivity contribution in [3.05, 3.63) is 0 Å². The normalized spacial score (nSPS) is 21.0. The van der Waals surface area contributed by atoms with E-state index in [9.17, 15) is 0 Å². The highest BCUT2D eigenvalue weighted by Crippen LogP contribution is 2.14. The second-order valence-electron chi connectivity index (χ2n) is 3.68. The lowest BCUT2D eigenvalue weighted by atomic mass is 10.2. The molecule has 1 heterocycles. The lowest BCUT2D eigenvalue weighted by molar-refractivity contribution is -0.178. The molecular formula is C10H20O3S. The molecular weight excluding hydrogens is 200 g/mol.